The molecule has 0 amide bonds. The van der Waals surface area contributed by atoms with Gasteiger partial charge in [-0.1, -0.05) is 31.2 Å². The normalized spacial score (nSPS) is 12.0. The van der Waals surface area contributed by atoms with E-state index in [-0.39, 0.29) is 10.6 Å². The van der Waals surface area contributed by atoms with Crippen LogP contribution in [-0.4, -0.2) is 35.3 Å². The molecule has 8 heteroatoms. The van der Waals surface area contributed by atoms with Crippen LogP contribution in [0.4, 0.5) is 0 Å². The fraction of sp³-hybridized carbons (Fsp3) is 0.429. The molecule has 0 radical (unpaired) electrons. The zero-order chi connectivity index (χ0) is 16.5. The summed E-state index contributed by atoms with van der Waals surface area (Å²) in [5.41, 5.74) is 0.605. The van der Waals surface area contributed by atoms with Crippen LogP contribution in [0.15, 0.2) is 16.9 Å². The summed E-state index contributed by atoms with van der Waals surface area (Å²) in [6.45, 7) is 7.94. The first-order chi connectivity index (χ1) is 10.2. The highest BCUT2D eigenvalue weighted by atomic mass is 79.9. The molecule has 2 rings (SSSR count). The highest BCUT2D eigenvalue weighted by molar-refractivity contribution is 9.10. The minimum absolute atomic E-state index is 0.00142. The van der Waals surface area contributed by atoms with Gasteiger partial charge < -0.3 is 9.84 Å². The number of fused-ring (bicyclic) bond motifs is 1. The highest BCUT2D eigenvalue weighted by Crippen LogP contribution is 2.30. The number of ether oxygens (including phenoxy) is 1. The van der Waals surface area contributed by atoms with Crippen LogP contribution in [0.3, 0.4) is 0 Å². The van der Waals surface area contributed by atoms with Crippen molar-refractivity contribution in [2.24, 2.45) is 0 Å². The molecule has 1 N–H and O–H groups in total. The van der Waals surface area contributed by atoms with Crippen molar-refractivity contribution in [2.45, 2.75) is 32.4 Å². The molecular formula is C14H18BrClN2O3Si. The maximum absolute atomic E-state index is 11.1. The number of carboxylic acid groups (broad SMARTS) is 1. The van der Waals surface area contributed by atoms with Gasteiger partial charge in [0.2, 0.25) is 0 Å². The molecule has 22 heavy (non-hydrogen) atoms. The van der Waals surface area contributed by atoms with Crippen molar-refractivity contribution in [1.82, 2.24) is 9.55 Å². The van der Waals surface area contributed by atoms with Gasteiger partial charge in [0.25, 0.3) is 0 Å². The summed E-state index contributed by atoms with van der Waals surface area (Å²) in [6, 6.07) is 2.85. The van der Waals surface area contributed by atoms with Crippen molar-refractivity contribution >= 4 is 52.6 Å². The van der Waals surface area contributed by atoms with E-state index in [1.54, 1.807) is 6.07 Å². The van der Waals surface area contributed by atoms with Crippen LogP contribution in [-0.2, 0) is 11.5 Å². The summed E-state index contributed by atoms with van der Waals surface area (Å²) in [6.07, 6.45) is 1.28. The largest absolute Gasteiger partial charge is 0.478 e. The van der Waals surface area contributed by atoms with Crippen LogP contribution in [0, 0.1) is 0 Å². The first kappa shape index (κ1) is 17.5. The van der Waals surface area contributed by atoms with Crippen LogP contribution < -0.4 is 0 Å². The Bertz CT molecular complexity index is 712. The fourth-order valence-electron chi connectivity index (χ4n) is 1.94. The van der Waals surface area contributed by atoms with E-state index in [0.717, 1.165) is 10.6 Å². The Morgan fingerprint density at radius 2 is 2.18 bits per heavy atom. The van der Waals surface area contributed by atoms with Crippen molar-refractivity contribution in [3.63, 3.8) is 0 Å². The van der Waals surface area contributed by atoms with E-state index in [1.807, 2.05) is 4.57 Å². The van der Waals surface area contributed by atoms with Gasteiger partial charge in [-0.3, -0.25) is 4.57 Å². The Hall–Kier alpha value is -0.893. The molecule has 0 saturated carbocycles. The van der Waals surface area contributed by atoms with E-state index in [9.17, 15) is 4.79 Å². The predicted octanol–water partition coefficient (Wildman–Crippen LogP) is 4.46. The first-order valence-electron chi connectivity index (χ1n) is 6.85. The lowest BCUT2D eigenvalue weighted by atomic mass is 10.2. The summed E-state index contributed by atoms with van der Waals surface area (Å²) in [7, 11) is -1.12. The molecule has 0 spiro atoms. The van der Waals surface area contributed by atoms with Crippen LogP contribution in [0.5, 0.6) is 0 Å². The predicted molar refractivity (Wildman–Crippen MR) is 93.5 cm³/mol. The summed E-state index contributed by atoms with van der Waals surface area (Å²) >= 11 is 9.60. The van der Waals surface area contributed by atoms with Gasteiger partial charge in [-0.15, -0.1) is 0 Å². The van der Waals surface area contributed by atoms with Crippen molar-refractivity contribution in [3.05, 3.63) is 27.5 Å². The second-order valence-corrected chi connectivity index (χ2v) is 13.1. The van der Waals surface area contributed by atoms with Crippen molar-refractivity contribution in [1.29, 1.82) is 0 Å². The van der Waals surface area contributed by atoms with Crippen molar-refractivity contribution < 1.29 is 14.6 Å². The third-order valence-electron chi connectivity index (χ3n) is 3.25. The minimum Gasteiger partial charge on any atom is -0.478 e. The Morgan fingerprint density at radius 3 is 2.77 bits per heavy atom. The SMILES string of the molecule is C[Si](C)(C)CCOCn1c(Br)cc2c(Cl)c(C(=O)O)cnc21. The second-order valence-electron chi connectivity index (χ2n) is 6.27. The zero-order valence-corrected chi connectivity index (χ0v) is 16.0. The number of nitrogens with zero attached hydrogens (tertiary/aromatic N) is 2. The smallest absolute Gasteiger partial charge is 0.338 e. The number of carboxylic acids is 1. The average molecular weight is 406 g/mol. The summed E-state index contributed by atoms with van der Waals surface area (Å²) in [5.74, 6) is -1.09. The van der Waals surface area contributed by atoms with E-state index < -0.39 is 14.0 Å². The molecule has 0 bridgehead atoms. The van der Waals surface area contributed by atoms with E-state index >= 15 is 0 Å². The number of rotatable bonds is 6. The molecule has 0 unspecified atom stereocenters. The zero-order valence-electron chi connectivity index (χ0n) is 12.7. The molecule has 0 saturated heterocycles. The van der Waals surface area contributed by atoms with Crippen LogP contribution >= 0.6 is 27.5 Å². The lowest BCUT2D eigenvalue weighted by Gasteiger charge is -2.16. The molecule has 2 aromatic heterocycles. The summed E-state index contributed by atoms with van der Waals surface area (Å²) < 4.78 is 8.32. The molecule has 2 aromatic rings. The minimum atomic E-state index is -1.12. The van der Waals surface area contributed by atoms with Gasteiger partial charge >= 0.3 is 5.97 Å². The van der Waals surface area contributed by atoms with Gasteiger partial charge in [0.1, 0.15) is 12.4 Å². The van der Waals surface area contributed by atoms with Gasteiger partial charge in [-0.05, 0) is 28.0 Å². The van der Waals surface area contributed by atoms with E-state index in [2.05, 4.69) is 40.6 Å². The van der Waals surface area contributed by atoms with Crippen LogP contribution in [0.2, 0.25) is 30.7 Å². The molecule has 0 aliphatic rings. The van der Waals surface area contributed by atoms with E-state index in [4.69, 9.17) is 21.4 Å². The third-order valence-corrected chi connectivity index (χ3v) is 6.02. The molecule has 0 aliphatic carbocycles. The quantitative estimate of drug-likeness (QED) is 0.569. The first-order valence-corrected chi connectivity index (χ1v) is 11.7. The van der Waals surface area contributed by atoms with Gasteiger partial charge in [0.15, 0.2) is 0 Å². The Balaban J connectivity index is 2.22. The Morgan fingerprint density at radius 1 is 1.50 bits per heavy atom. The lowest BCUT2D eigenvalue weighted by molar-refractivity contribution is 0.0697. The molecule has 0 aliphatic heterocycles. The fourth-order valence-corrected chi connectivity index (χ4v) is 3.47. The maximum Gasteiger partial charge on any atom is 0.338 e. The number of hydrogen-bond donors (Lipinski definition) is 1. The molecule has 0 atom stereocenters. The van der Waals surface area contributed by atoms with Crippen LogP contribution in [0.1, 0.15) is 10.4 Å². The average Bonchev–Trinajstić information content (AvgIpc) is 2.71. The van der Waals surface area contributed by atoms with Gasteiger partial charge in [0, 0.05) is 26.3 Å². The topological polar surface area (TPSA) is 64.3 Å². The molecule has 5 nitrogen and oxygen atoms in total. The molecular weight excluding hydrogens is 388 g/mol. The standard InChI is InChI=1S/C14H18BrClN2O3Si/c1-22(2,3)5-4-21-8-18-11(15)6-9-12(16)10(14(19)20)7-17-13(9)18/h6-7H,4-5,8H2,1-3H3,(H,19,20). The number of hydrogen-bond acceptors (Lipinski definition) is 3. The number of carbonyl (C=O) groups is 1. The number of aromatic carboxylic acids is 1. The number of pyridine rings is 1. The molecule has 0 aromatic carbocycles. The van der Waals surface area contributed by atoms with Gasteiger partial charge in [-0.25, -0.2) is 9.78 Å². The third kappa shape index (κ3) is 3.89. The summed E-state index contributed by atoms with van der Waals surface area (Å²) in [5, 5.41) is 9.88. The second kappa shape index (κ2) is 6.70. The monoisotopic (exact) mass is 404 g/mol. The highest BCUT2D eigenvalue weighted by Gasteiger charge is 2.18. The van der Waals surface area contributed by atoms with Gasteiger partial charge in [0.05, 0.1) is 15.2 Å². The van der Waals surface area contributed by atoms with E-state index in [0.29, 0.717) is 24.4 Å². The van der Waals surface area contributed by atoms with Crippen LogP contribution in [0.25, 0.3) is 11.0 Å². The lowest BCUT2D eigenvalue weighted by Crippen LogP contribution is -2.22. The van der Waals surface area contributed by atoms with Gasteiger partial charge in [-0.2, -0.15) is 0 Å². The van der Waals surface area contributed by atoms with Crippen molar-refractivity contribution in [2.75, 3.05) is 6.61 Å². The number of aromatic nitrogens is 2. The number of halogens is 2. The Kier molecular flexibility index (Phi) is 5.32. The van der Waals surface area contributed by atoms with Crippen molar-refractivity contribution in [3.8, 4) is 0 Å². The molecule has 120 valence electrons. The molecule has 0 fully saturated rings. The molecule has 2 heterocycles. The Labute approximate surface area is 143 Å². The van der Waals surface area contributed by atoms with E-state index in [1.165, 1.54) is 6.20 Å². The maximum atomic E-state index is 11.1. The summed E-state index contributed by atoms with van der Waals surface area (Å²) in [4.78, 5) is 15.3.